The van der Waals surface area contributed by atoms with Crippen LogP contribution in [0.25, 0.3) is 5.70 Å². The third kappa shape index (κ3) is 13.1. The third-order valence-corrected chi connectivity index (χ3v) is 9.04. The van der Waals surface area contributed by atoms with Gasteiger partial charge in [0.05, 0.1) is 24.8 Å². The number of allylic oxidation sites excluding steroid dienone is 2. The number of hydrogen-bond acceptors (Lipinski definition) is 13. The molecule has 0 saturated carbocycles. The van der Waals surface area contributed by atoms with Gasteiger partial charge in [0.1, 0.15) is 30.4 Å². The summed E-state index contributed by atoms with van der Waals surface area (Å²) in [7, 11) is 0. The van der Waals surface area contributed by atoms with Gasteiger partial charge in [-0.25, -0.2) is 25.0 Å². The van der Waals surface area contributed by atoms with Gasteiger partial charge in [-0.2, -0.15) is 0 Å². The van der Waals surface area contributed by atoms with Gasteiger partial charge < -0.3 is 46.3 Å². The number of nitrogens with zero attached hydrogens (tertiary/aromatic N) is 4. The van der Waals surface area contributed by atoms with E-state index in [-0.39, 0.29) is 68.9 Å². The van der Waals surface area contributed by atoms with E-state index in [2.05, 4.69) is 20.6 Å². The van der Waals surface area contributed by atoms with Gasteiger partial charge in [0.25, 0.3) is 5.91 Å². The number of cyclic esters (lactones) is 1. The molecule has 4 heterocycles. The Morgan fingerprint density at radius 1 is 1.27 bits per heavy atom. The number of hydrazine groups is 1. The van der Waals surface area contributed by atoms with Crippen LogP contribution in [-0.4, -0.2) is 99.3 Å². The number of hydrogen-bond donors (Lipinski definition) is 6. The molecule has 55 heavy (non-hydrogen) atoms. The fourth-order valence-electron chi connectivity index (χ4n) is 6.32. The predicted molar refractivity (Wildman–Crippen MR) is 202 cm³/mol. The topological polar surface area (TPSA) is 245 Å². The number of nitrogen functional groups attached to an aromatic ring is 1. The molecule has 0 aliphatic carbocycles. The van der Waals surface area contributed by atoms with Gasteiger partial charge in [0.2, 0.25) is 11.8 Å². The number of aliphatic hydroxyl groups excluding tert-OH is 1. The van der Waals surface area contributed by atoms with Gasteiger partial charge in [0.15, 0.2) is 11.6 Å². The normalized spacial score (nSPS) is 25.6. The lowest BCUT2D eigenvalue weighted by Crippen LogP contribution is -2.45. The molecule has 2 aliphatic heterocycles. The number of rotatable bonds is 8. The van der Waals surface area contributed by atoms with Crippen molar-refractivity contribution in [2.24, 2.45) is 23.4 Å². The smallest absolute Gasteiger partial charge is 0.329 e. The molecule has 2 aliphatic rings. The van der Waals surface area contributed by atoms with Crippen LogP contribution in [0.2, 0.25) is 0 Å². The number of pyridine rings is 1. The molecule has 1 fully saturated rings. The highest BCUT2D eigenvalue weighted by Crippen LogP contribution is 2.27. The summed E-state index contributed by atoms with van der Waals surface area (Å²) >= 11 is 0. The van der Waals surface area contributed by atoms with Gasteiger partial charge in [-0.05, 0) is 43.9 Å². The Kier molecular flexibility index (Phi) is 15.5. The fraction of sp³-hybridized carbons (Fsp3) is 0.474. The lowest BCUT2D eigenvalue weighted by atomic mass is 9.89. The fourth-order valence-corrected chi connectivity index (χ4v) is 6.32. The lowest BCUT2D eigenvalue weighted by molar-refractivity contribution is -0.159. The van der Waals surface area contributed by atoms with Crippen molar-refractivity contribution in [2.45, 2.75) is 77.3 Å². The number of ether oxygens (including phenoxy) is 1. The van der Waals surface area contributed by atoms with Crippen LogP contribution in [0.1, 0.15) is 68.4 Å². The first kappa shape index (κ1) is 42.2. The minimum Gasteiger partial charge on any atom is -0.460 e. The Labute approximate surface area is 319 Å². The molecule has 0 unspecified atom stereocenters. The van der Waals surface area contributed by atoms with Crippen molar-refractivity contribution in [3.8, 4) is 0 Å². The molecule has 0 spiro atoms. The monoisotopic (exact) mass is 765 g/mol. The van der Waals surface area contributed by atoms with Crippen molar-refractivity contribution in [1.29, 1.82) is 0 Å². The molecule has 16 nitrogen and oxygen atoms in total. The average molecular weight is 766 g/mol. The van der Waals surface area contributed by atoms with Crippen molar-refractivity contribution in [3.05, 3.63) is 83.9 Å². The van der Waals surface area contributed by atoms with Gasteiger partial charge in [-0.1, -0.05) is 43.7 Å². The van der Waals surface area contributed by atoms with Crippen LogP contribution < -0.4 is 27.9 Å². The second kappa shape index (κ2) is 20.2. The van der Waals surface area contributed by atoms with E-state index in [0.29, 0.717) is 35.5 Å². The van der Waals surface area contributed by atoms with E-state index in [4.69, 9.17) is 26.5 Å². The molecular formula is C38H52FN9O7. The van der Waals surface area contributed by atoms with E-state index in [9.17, 15) is 28.7 Å². The predicted octanol–water partition coefficient (Wildman–Crippen LogP) is 1.90. The zero-order valence-electron chi connectivity index (χ0n) is 31.4. The summed E-state index contributed by atoms with van der Waals surface area (Å²) in [6, 6.07) is 2.35. The number of aliphatic hydroxyl groups is 1. The summed E-state index contributed by atoms with van der Waals surface area (Å²) in [5.41, 5.74) is 13.4. The van der Waals surface area contributed by atoms with E-state index in [1.807, 2.05) is 13.8 Å². The molecule has 5 atom stereocenters. The minimum absolute atomic E-state index is 0.0146. The zero-order valence-corrected chi connectivity index (χ0v) is 31.4. The molecule has 2 aromatic rings. The van der Waals surface area contributed by atoms with Crippen LogP contribution in [0.5, 0.6) is 0 Å². The highest BCUT2D eigenvalue weighted by molar-refractivity contribution is 5.95. The molecule has 2 bridgehead atoms. The highest BCUT2D eigenvalue weighted by Gasteiger charge is 2.39. The second-order valence-electron chi connectivity index (χ2n) is 14.0. The van der Waals surface area contributed by atoms with E-state index in [0.717, 1.165) is 6.26 Å². The Balaban J connectivity index is 1.52. The number of alkyl halides is 1. The zero-order chi connectivity index (χ0) is 40.1. The van der Waals surface area contributed by atoms with E-state index < -0.39 is 48.1 Å². The molecule has 2 aromatic heterocycles. The SMILES string of the molecule is CC1=C\[C@@H](O)C[C@@H](F)Cc2nc(co2)C(=O)N2CCC[C@@H]2C(=O)O[C@H](C(C)C)[C@H](CC(=O)NCCN(N)/C=C(\N)c2ccnc(N)c2)/C=C/C(=O)NC\C=C\1. The van der Waals surface area contributed by atoms with Crippen LogP contribution >= 0.6 is 0 Å². The summed E-state index contributed by atoms with van der Waals surface area (Å²) in [6.45, 7) is 6.13. The van der Waals surface area contributed by atoms with Crippen molar-refractivity contribution in [3.63, 3.8) is 0 Å². The molecule has 17 heteroatoms. The number of carbonyl (C=O) groups is 4. The number of anilines is 1. The second-order valence-corrected chi connectivity index (χ2v) is 14.0. The first-order valence-corrected chi connectivity index (χ1v) is 18.3. The molecule has 298 valence electrons. The first-order valence-electron chi connectivity index (χ1n) is 18.3. The maximum atomic E-state index is 14.8. The largest absolute Gasteiger partial charge is 0.460 e. The Morgan fingerprint density at radius 2 is 2.05 bits per heavy atom. The van der Waals surface area contributed by atoms with Crippen molar-refractivity contribution in [1.82, 2.24) is 30.5 Å². The van der Waals surface area contributed by atoms with E-state index in [1.54, 1.807) is 31.2 Å². The molecule has 4 rings (SSSR count). The maximum absolute atomic E-state index is 14.8. The molecule has 3 amide bonds. The molecule has 9 N–H and O–H groups in total. The van der Waals surface area contributed by atoms with Gasteiger partial charge in [-0.15, -0.1) is 0 Å². The van der Waals surface area contributed by atoms with Crippen molar-refractivity contribution >= 4 is 35.2 Å². The number of nitrogens with two attached hydrogens (primary N) is 3. The molecule has 0 aromatic carbocycles. The lowest BCUT2D eigenvalue weighted by Gasteiger charge is -2.31. The highest BCUT2D eigenvalue weighted by atomic mass is 19.1. The number of fused-ring (bicyclic) bond motifs is 3. The van der Waals surface area contributed by atoms with E-state index >= 15 is 0 Å². The van der Waals surface area contributed by atoms with Crippen LogP contribution in [0, 0.1) is 11.8 Å². The van der Waals surface area contributed by atoms with Gasteiger partial charge >= 0.3 is 5.97 Å². The number of esters is 1. The minimum atomic E-state index is -1.51. The number of aromatic nitrogens is 2. The summed E-state index contributed by atoms with van der Waals surface area (Å²) in [4.78, 5) is 62.9. The molecular weight excluding hydrogens is 713 g/mol. The number of oxazole rings is 1. The first-order chi connectivity index (χ1) is 26.2. The summed E-state index contributed by atoms with van der Waals surface area (Å²) in [6.07, 6.45) is 8.57. The third-order valence-electron chi connectivity index (χ3n) is 9.04. The standard InChI is InChI=1S/C38H52FN9O7/c1-23(2)36-26(18-34(51)45-13-15-47(42)21-29(40)25-10-12-43-32(41)17-25)8-9-33(50)44-11-4-6-24(3)16-28(49)19-27(39)20-35-46-30(22-54-35)37(52)48-14-5-7-31(48)38(53)55-36/h4,6,8-10,12,16-17,21-23,26-28,31,36,49H,5,7,11,13-15,18-20,40,42H2,1-3H3,(H2,41,43)(H,44,50)(H,45,51)/b6-4+,9-8+,24-16+,29-21-/t26-,27+,28+,31+,36+/m0/s1. The van der Waals surface area contributed by atoms with Gasteiger partial charge in [-0.3, -0.25) is 14.4 Å². The molecule has 1 saturated heterocycles. The van der Waals surface area contributed by atoms with Crippen LogP contribution in [0.3, 0.4) is 0 Å². The van der Waals surface area contributed by atoms with Gasteiger partial charge in [0, 0.05) is 56.4 Å². The molecule has 0 radical (unpaired) electrons. The van der Waals surface area contributed by atoms with Crippen molar-refractivity contribution < 1.29 is 37.8 Å². The summed E-state index contributed by atoms with van der Waals surface area (Å²) in [5.74, 6) is 3.26. The van der Waals surface area contributed by atoms with Crippen LogP contribution in [-0.2, 0) is 25.5 Å². The number of nitrogens with one attached hydrogen (secondary N) is 2. The Morgan fingerprint density at radius 3 is 2.80 bits per heavy atom. The average Bonchev–Trinajstić information content (AvgIpc) is 3.80. The maximum Gasteiger partial charge on any atom is 0.329 e. The van der Waals surface area contributed by atoms with Crippen molar-refractivity contribution in [2.75, 3.05) is 31.9 Å². The Bertz CT molecular complexity index is 1780. The van der Waals surface area contributed by atoms with E-state index in [1.165, 1.54) is 40.5 Å². The Hall–Kier alpha value is -5.55. The summed E-state index contributed by atoms with van der Waals surface area (Å²) < 4.78 is 26.3. The van der Waals surface area contributed by atoms with Crippen LogP contribution in [0.15, 0.2) is 71.2 Å². The number of halogens is 1. The number of carbonyl (C=O) groups excluding carboxylic acids is 4. The van der Waals surface area contributed by atoms with Crippen LogP contribution in [0.4, 0.5) is 10.2 Å². The quantitative estimate of drug-likeness (QED) is 0.128. The summed E-state index contributed by atoms with van der Waals surface area (Å²) in [5, 5.41) is 17.3. The number of amides is 3.